The highest BCUT2D eigenvalue weighted by atomic mass is 35.5. The van der Waals surface area contributed by atoms with Crippen LogP contribution in [0.25, 0.3) is 28.0 Å². The van der Waals surface area contributed by atoms with Gasteiger partial charge in [0, 0.05) is 62.5 Å². The molecule has 1 saturated heterocycles. The van der Waals surface area contributed by atoms with Crippen molar-refractivity contribution in [2.24, 2.45) is 5.92 Å². The zero-order valence-corrected chi connectivity index (χ0v) is 24.1. The van der Waals surface area contributed by atoms with E-state index in [9.17, 15) is 4.79 Å². The highest BCUT2D eigenvalue weighted by Gasteiger charge is 2.32. The molecular formula is C33H37ClN4O2. The van der Waals surface area contributed by atoms with Crippen molar-refractivity contribution in [3.05, 3.63) is 83.1 Å². The third kappa shape index (κ3) is 5.67. The first-order valence-corrected chi connectivity index (χ1v) is 14.7. The fourth-order valence-corrected chi connectivity index (χ4v) is 6.38. The van der Waals surface area contributed by atoms with Crippen LogP contribution in [0, 0.1) is 12.8 Å². The van der Waals surface area contributed by atoms with Crippen LogP contribution in [0.2, 0.25) is 5.02 Å². The molecule has 0 unspecified atom stereocenters. The van der Waals surface area contributed by atoms with Crippen molar-refractivity contribution in [1.29, 1.82) is 0 Å². The molecule has 2 aromatic carbocycles. The quantitative estimate of drug-likeness (QED) is 0.273. The van der Waals surface area contributed by atoms with Crippen LogP contribution < -0.4 is 0 Å². The lowest BCUT2D eigenvalue weighted by atomic mass is 9.86. The lowest BCUT2D eigenvalue weighted by Gasteiger charge is -2.38. The van der Waals surface area contributed by atoms with E-state index >= 15 is 0 Å². The summed E-state index contributed by atoms with van der Waals surface area (Å²) in [6.45, 7) is 6.09. The number of benzene rings is 2. The average Bonchev–Trinajstić information content (AvgIpc) is 3.35. The van der Waals surface area contributed by atoms with Crippen LogP contribution in [0.15, 0.2) is 66.9 Å². The Bertz CT molecular complexity index is 1490. The first-order chi connectivity index (χ1) is 19.5. The zero-order valence-electron chi connectivity index (χ0n) is 23.4. The number of hydrogen-bond donors (Lipinski definition) is 0. The Morgan fingerprint density at radius 3 is 2.50 bits per heavy atom. The van der Waals surface area contributed by atoms with Crippen molar-refractivity contribution in [1.82, 2.24) is 19.2 Å². The molecule has 1 saturated carbocycles. The number of pyridine rings is 1. The van der Waals surface area contributed by atoms with E-state index in [4.69, 9.17) is 21.3 Å². The van der Waals surface area contributed by atoms with Gasteiger partial charge in [0.25, 0.3) is 0 Å². The lowest BCUT2D eigenvalue weighted by Crippen LogP contribution is -2.50. The Morgan fingerprint density at radius 2 is 1.75 bits per heavy atom. The van der Waals surface area contributed by atoms with Gasteiger partial charge in [-0.3, -0.25) is 9.69 Å². The largest absolute Gasteiger partial charge is 0.381 e. The van der Waals surface area contributed by atoms with Gasteiger partial charge in [-0.15, -0.1) is 0 Å². The molecule has 208 valence electrons. The zero-order chi connectivity index (χ0) is 27.6. The van der Waals surface area contributed by atoms with E-state index in [0.717, 1.165) is 86.6 Å². The van der Waals surface area contributed by atoms with Crippen molar-refractivity contribution in [2.45, 2.75) is 45.3 Å². The summed E-state index contributed by atoms with van der Waals surface area (Å²) >= 11 is 6.21. The second-order valence-electron chi connectivity index (χ2n) is 11.3. The molecule has 2 aromatic heterocycles. The molecule has 0 spiro atoms. The smallest absolute Gasteiger partial charge is 0.225 e. The van der Waals surface area contributed by atoms with Crippen molar-refractivity contribution in [3.63, 3.8) is 0 Å². The number of carbonyl (C=O) groups is 1. The summed E-state index contributed by atoms with van der Waals surface area (Å²) < 4.78 is 7.81. The topological polar surface area (TPSA) is 50.1 Å². The summed E-state index contributed by atoms with van der Waals surface area (Å²) in [5.41, 5.74) is 7.71. The number of imidazole rings is 1. The molecule has 1 amide bonds. The highest BCUT2D eigenvalue weighted by Crippen LogP contribution is 2.31. The summed E-state index contributed by atoms with van der Waals surface area (Å²) in [5.74, 6) is 0.404. The van der Waals surface area contributed by atoms with E-state index in [2.05, 4.69) is 63.7 Å². The minimum absolute atomic E-state index is 0.0978. The second-order valence-corrected chi connectivity index (χ2v) is 11.7. The van der Waals surface area contributed by atoms with Crippen molar-refractivity contribution >= 4 is 23.2 Å². The van der Waals surface area contributed by atoms with E-state index in [1.807, 2.05) is 24.3 Å². The average molecular weight is 557 g/mol. The van der Waals surface area contributed by atoms with Crippen molar-refractivity contribution in [2.75, 3.05) is 33.3 Å². The number of ether oxygens (including phenoxy) is 1. The first kappa shape index (κ1) is 27.0. The first-order valence-electron chi connectivity index (χ1n) is 14.4. The molecule has 40 heavy (non-hydrogen) atoms. The Morgan fingerprint density at radius 1 is 0.975 bits per heavy atom. The van der Waals surface area contributed by atoms with Crippen molar-refractivity contribution in [3.8, 4) is 22.4 Å². The molecular weight excluding hydrogens is 520 g/mol. The second kappa shape index (κ2) is 11.7. The fourth-order valence-electron chi connectivity index (χ4n) is 6.26. The lowest BCUT2D eigenvalue weighted by molar-refractivity contribution is -0.140. The molecule has 7 heteroatoms. The number of nitrogens with zero attached hydrogens (tertiary/aromatic N) is 4. The van der Waals surface area contributed by atoms with Gasteiger partial charge in [0.2, 0.25) is 5.91 Å². The number of amides is 1. The van der Waals surface area contributed by atoms with E-state index < -0.39 is 0 Å². The van der Waals surface area contributed by atoms with Gasteiger partial charge in [-0.1, -0.05) is 60.0 Å². The number of methoxy groups -OCH3 is 1. The van der Waals surface area contributed by atoms with Crippen LogP contribution in [0.3, 0.4) is 0 Å². The summed E-state index contributed by atoms with van der Waals surface area (Å²) in [6, 6.07) is 20.8. The summed E-state index contributed by atoms with van der Waals surface area (Å²) in [7, 11) is 1.76. The van der Waals surface area contributed by atoms with Crippen LogP contribution in [0.5, 0.6) is 0 Å². The van der Waals surface area contributed by atoms with E-state index in [1.165, 1.54) is 11.1 Å². The number of fused-ring (bicyclic) bond motifs is 1. The third-order valence-electron chi connectivity index (χ3n) is 8.55. The Kier molecular flexibility index (Phi) is 7.92. The molecule has 2 atom stereocenters. The molecule has 6 rings (SSSR count). The van der Waals surface area contributed by atoms with Gasteiger partial charge in [-0.05, 0) is 61.6 Å². The van der Waals surface area contributed by atoms with E-state index in [-0.39, 0.29) is 12.0 Å². The van der Waals surface area contributed by atoms with Gasteiger partial charge < -0.3 is 14.0 Å². The summed E-state index contributed by atoms with van der Waals surface area (Å²) in [4.78, 5) is 22.9. The summed E-state index contributed by atoms with van der Waals surface area (Å²) in [5, 5.41) is 0.714. The maximum Gasteiger partial charge on any atom is 0.225 e. The van der Waals surface area contributed by atoms with Gasteiger partial charge in [0.1, 0.15) is 5.65 Å². The maximum atomic E-state index is 13.3. The van der Waals surface area contributed by atoms with E-state index in [0.29, 0.717) is 10.9 Å². The number of rotatable bonds is 6. The Balaban J connectivity index is 1.25. The predicted molar refractivity (Wildman–Crippen MR) is 160 cm³/mol. The number of carbonyl (C=O) groups excluding carboxylic acids is 1. The predicted octanol–water partition coefficient (Wildman–Crippen LogP) is 6.48. The van der Waals surface area contributed by atoms with E-state index in [1.54, 1.807) is 7.11 Å². The molecule has 6 nitrogen and oxygen atoms in total. The van der Waals surface area contributed by atoms with Crippen LogP contribution >= 0.6 is 11.6 Å². The molecule has 2 aliphatic rings. The molecule has 1 aliphatic heterocycles. The van der Waals surface area contributed by atoms with Crippen LogP contribution in [-0.4, -0.2) is 64.5 Å². The maximum absolute atomic E-state index is 13.3. The number of hydrogen-bond acceptors (Lipinski definition) is 4. The van der Waals surface area contributed by atoms with Gasteiger partial charge in [-0.2, -0.15) is 0 Å². The Hall–Kier alpha value is -3.19. The summed E-state index contributed by atoms with van der Waals surface area (Å²) in [6.07, 6.45) is 6.39. The van der Waals surface area contributed by atoms with Crippen LogP contribution in [0.4, 0.5) is 0 Å². The van der Waals surface area contributed by atoms with Gasteiger partial charge in [-0.25, -0.2) is 4.98 Å². The molecule has 0 radical (unpaired) electrons. The monoisotopic (exact) mass is 556 g/mol. The molecule has 1 aliphatic carbocycles. The number of aryl methyl sites for hydroxylation is 1. The molecule has 0 N–H and O–H groups in total. The number of piperazine rings is 1. The highest BCUT2D eigenvalue weighted by molar-refractivity contribution is 6.30. The SMILES string of the molecule is CO[C@H]1CCC[C@@H](C(=O)N2CCN(Cc3c(-c4ccc(Cl)cc4)nc4ccc(-c5cccc(C)c5)cn34)CC2)C1. The minimum atomic E-state index is 0.0978. The molecule has 3 heterocycles. The fraction of sp³-hybridized carbons (Fsp3) is 0.394. The normalized spacial score (nSPS) is 20.2. The number of aromatic nitrogens is 2. The van der Waals surface area contributed by atoms with Crippen molar-refractivity contribution < 1.29 is 9.53 Å². The van der Waals surface area contributed by atoms with Gasteiger partial charge in [0.15, 0.2) is 0 Å². The van der Waals surface area contributed by atoms with Gasteiger partial charge >= 0.3 is 0 Å². The Labute approximate surface area is 241 Å². The third-order valence-corrected chi connectivity index (χ3v) is 8.80. The molecule has 2 fully saturated rings. The molecule has 0 bridgehead atoms. The van der Waals surface area contributed by atoms with Crippen LogP contribution in [0.1, 0.15) is 36.9 Å². The number of halogens is 1. The van der Waals surface area contributed by atoms with Crippen LogP contribution in [-0.2, 0) is 16.1 Å². The standard InChI is InChI=1S/C33H37ClN4O2/c1-23-5-3-6-25(19-23)27-11-14-31-35-32(24-9-12-28(34)13-10-24)30(38(31)21-27)22-36-15-17-37(18-16-36)33(39)26-7-4-8-29(20-26)40-2/h3,5-6,9-14,19,21,26,29H,4,7-8,15-18,20,22H2,1-2H3/t26-,29+/m1/s1. The molecule has 4 aromatic rings. The van der Waals surface area contributed by atoms with Gasteiger partial charge in [0.05, 0.1) is 17.5 Å². The minimum Gasteiger partial charge on any atom is -0.381 e.